The van der Waals surface area contributed by atoms with Crippen LogP contribution in [0.5, 0.6) is 0 Å². The summed E-state index contributed by atoms with van der Waals surface area (Å²) in [6.45, 7) is 0.239. The number of carbonyl (C=O) groups is 1. The van der Waals surface area contributed by atoms with Crippen molar-refractivity contribution in [3.8, 4) is 0 Å². The summed E-state index contributed by atoms with van der Waals surface area (Å²) < 4.78 is 26.1. The van der Waals surface area contributed by atoms with Gasteiger partial charge in [-0.3, -0.25) is 4.79 Å². The van der Waals surface area contributed by atoms with Gasteiger partial charge < -0.3 is 10.6 Å². The van der Waals surface area contributed by atoms with E-state index in [1.807, 2.05) is 0 Å². The predicted molar refractivity (Wildman–Crippen MR) is 80.8 cm³/mol. The Morgan fingerprint density at radius 2 is 1.95 bits per heavy atom. The van der Waals surface area contributed by atoms with Gasteiger partial charge in [-0.2, -0.15) is 0 Å². The van der Waals surface area contributed by atoms with Gasteiger partial charge >= 0.3 is 0 Å². The smallest absolute Gasteiger partial charge is 0.227 e. The highest BCUT2D eigenvalue weighted by Crippen LogP contribution is 2.24. The molecule has 0 radical (unpaired) electrons. The average Bonchev–Trinajstić information content (AvgIpc) is 2.93. The van der Waals surface area contributed by atoms with Crippen LogP contribution in [0.15, 0.2) is 18.2 Å². The van der Waals surface area contributed by atoms with Crippen LogP contribution in [-0.4, -0.2) is 28.4 Å². The lowest BCUT2D eigenvalue weighted by molar-refractivity contribution is -0.131. The Morgan fingerprint density at radius 1 is 1.29 bits per heavy atom. The zero-order chi connectivity index (χ0) is 15.4. The van der Waals surface area contributed by atoms with E-state index in [1.165, 1.54) is 6.07 Å². The van der Waals surface area contributed by atoms with Crippen LogP contribution in [0.1, 0.15) is 31.2 Å². The number of nitrogens with zero attached hydrogens (tertiary/aromatic N) is 1. The summed E-state index contributed by atoms with van der Waals surface area (Å²) in [6.07, 6.45) is 4.06. The summed E-state index contributed by atoms with van der Waals surface area (Å²) in [6, 6.07) is 3.65. The Balaban J connectivity index is 2.09. The Morgan fingerprint density at radius 3 is 2.52 bits per heavy atom. The van der Waals surface area contributed by atoms with Gasteiger partial charge in [-0.05, 0) is 30.5 Å². The lowest BCUT2D eigenvalue weighted by Gasteiger charge is -2.28. The first-order valence-electron chi connectivity index (χ1n) is 6.99. The molecule has 2 rings (SSSR count). The second kappa shape index (κ2) is 6.93. The van der Waals surface area contributed by atoms with E-state index in [2.05, 4.69) is 0 Å². The van der Waals surface area contributed by atoms with E-state index in [4.69, 9.17) is 18.0 Å². The first-order chi connectivity index (χ1) is 9.97. The highest BCUT2D eigenvalue weighted by Gasteiger charge is 2.27. The Labute approximate surface area is 128 Å². The largest absolute Gasteiger partial charge is 0.392 e. The molecule has 0 spiro atoms. The Bertz CT molecular complexity index is 544. The molecule has 6 heteroatoms. The topological polar surface area (TPSA) is 46.3 Å². The standard InChI is InChI=1S/C15H18F2N2OS/c16-12-6-5-10(7-13(12)17)8-15(20)19(9-14(18)21)11-3-1-2-4-11/h5-7,11H,1-4,8-9H2,(H2,18,21). The van der Waals surface area contributed by atoms with E-state index in [1.54, 1.807) is 4.90 Å². The van der Waals surface area contributed by atoms with Gasteiger partial charge in [-0.25, -0.2) is 8.78 Å². The minimum absolute atomic E-state index is 0.0241. The van der Waals surface area contributed by atoms with E-state index in [9.17, 15) is 13.6 Å². The molecule has 0 heterocycles. The zero-order valence-electron chi connectivity index (χ0n) is 11.6. The molecule has 0 aliphatic heterocycles. The zero-order valence-corrected chi connectivity index (χ0v) is 12.5. The summed E-state index contributed by atoms with van der Waals surface area (Å²) in [5.41, 5.74) is 6.01. The van der Waals surface area contributed by atoms with E-state index in [0.717, 1.165) is 37.8 Å². The molecule has 0 aromatic heterocycles. The van der Waals surface area contributed by atoms with Gasteiger partial charge in [0.2, 0.25) is 5.91 Å². The van der Waals surface area contributed by atoms with E-state index < -0.39 is 11.6 Å². The lowest BCUT2D eigenvalue weighted by atomic mass is 10.1. The minimum atomic E-state index is -0.943. The fourth-order valence-corrected chi connectivity index (χ4v) is 2.87. The third-order valence-electron chi connectivity index (χ3n) is 3.75. The van der Waals surface area contributed by atoms with Crippen LogP contribution in [0.3, 0.4) is 0 Å². The number of thiocarbonyl (C=S) groups is 1. The van der Waals surface area contributed by atoms with Crippen LogP contribution < -0.4 is 5.73 Å². The first kappa shape index (κ1) is 15.8. The number of carbonyl (C=O) groups excluding carboxylic acids is 1. The maximum absolute atomic E-state index is 13.2. The molecule has 1 aromatic carbocycles. The van der Waals surface area contributed by atoms with Crippen molar-refractivity contribution in [1.82, 2.24) is 4.90 Å². The number of benzene rings is 1. The van der Waals surface area contributed by atoms with Crippen LogP contribution in [0, 0.1) is 11.6 Å². The van der Waals surface area contributed by atoms with Crippen molar-refractivity contribution >= 4 is 23.1 Å². The number of hydrogen-bond acceptors (Lipinski definition) is 2. The number of hydrogen-bond donors (Lipinski definition) is 1. The molecule has 1 aliphatic rings. The van der Waals surface area contributed by atoms with E-state index in [0.29, 0.717) is 5.56 Å². The molecular formula is C15H18F2N2OS. The van der Waals surface area contributed by atoms with E-state index in [-0.39, 0.29) is 29.9 Å². The number of amides is 1. The molecule has 0 atom stereocenters. The van der Waals surface area contributed by atoms with Crippen LogP contribution >= 0.6 is 12.2 Å². The molecular weight excluding hydrogens is 294 g/mol. The van der Waals surface area contributed by atoms with Gasteiger partial charge in [0.1, 0.15) is 0 Å². The molecule has 0 saturated heterocycles. The molecule has 1 amide bonds. The van der Waals surface area contributed by atoms with Crippen molar-refractivity contribution in [3.05, 3.63) is 35.4 Å². The predicted octanol–water partition coefficient (Wildman–Crippen LogP) is 2.56. The molecule has 2 N–H and O–H groups in total. The summed E-state index contributed by atoms with van der Waals surface area (Å²) in [5, 5.41) is 0. The Kier molecular flexibility index (Phi) is 5.22. The summed E-state index contributed by atoms with van der Waals surface area (Å²) in [4.78, 5) is 14.4. The quantitative estimate of drug-likeness (QED) is 0.850. The fraction of sp³-hybridized carbons (Fsp3) is 0.467. The monoisotopic (exact) mass is 312 g/mol. The van der Waals surface area contributed by atoms with Gasteiger partial charge in [-0.1, -0.05) is 31.1 Å². The molecule has 114 valence electrons. The number of rotatable bonds is 5. The fourth-order valence-electron chi connectivity index (χ4n) is 2.73. The SMILES string of the molecule is NC(=S)CN(C(=O)Cc1ccc(F)c(F)c1)C1CCCC1. The molecule has 1 fully saturated rings. The van der Waals surface area contributed by atoms with Crippen molar-refractivity contribution in [2.24, 2.45) is 5.73 Å². The summed E-state index contributed by atoms with van der Waals surface area (Å²) in [7, 11) is 0. The van der Waals surface area contributed by atoms with Gasteiger partial charge in [0.15, 0.2) is 11.6 Å². The molecule has 0 bridgehead atoms. The van der Waals surface area contributed by atoms with Gasteiger partial charge in [0.05, 0.1) is 18.0 Å². The number of nitrogens with two attached hydrogens (primary N) is 1. The maximum Gasteiger partial charge on any atom is 0.227 e. The average molecular weight is 312 g/mol. The van der Waals surface area contributed by atoms with Crippen molar-refractivity contribution in [2.45, 2.75) is 38.1 Å². The summed E-state index contributed by atoms with van der Waals surface area (Å²) >= 11 is 4.90. The molecule has 21 heavy (non-hydrogen) atoms. The second-order valence-corrected chi connectivity index (χ2v) is 5.88. The highest BCUT2D eigenvalue weighted by atomic mass is 32.1. The van der Waals surface area contributed by atoms with Crippen molar-refractivity contribution < 1.29 is 13.6 Å². The molecule has 1 aromatic rings. The van der Waals surface area contributed by atoms with Gasteiger partial charge in [-0.15, -0.1) is 0 Å². The van der Waals surface area contributed by atoms with Gasteiger partial charge in [0, 0.05) is 6.04 Å². The van der Waals surface area contributed by atoms with Crippen LogP contribution in [-0.2, 0) is 11.2 Å². The van der Waals surface area contributed by atoms with Gasteiger partial charge in [0.25, 0.3) is 0 Å². The summed E-state index contributed by atoms with van der Waals surface area (Å²) in [5.74, 6) is -2.01. The first-order valence-corrected chi connectivity index (χ1v) is 7.40. The molecule has 1 aliphatic carbocycles. The normalized spacial score (nSPS) is 15.1. The van der Waals surface area contributed by atoms with Crippen LogP contribution in [0.25, 0.3) is 0 Å². The van der Waals surface area contributed by atoms with Crippen LogP contribution in [0.4, 0.5) is 8.78 Å². The second-order valence-electron chi connectivity index (χ2n) is 5.35. The van der Waals surface area contributed by atoms with Crippen molar-refractivity contribution in [2.75, 3.05) is 6.54 Å². The van der Waals surface area contributed by atoms with Crippen molar-refractivity contribution in [1.29, 1.82) is 0 Å². The van der Waals surface area contributed by atoms with E-state index >= 15 is 0 Å². The van der Waals surface area contributed by atoms with Crippen molar-refractivity contribution in [3.63, 3.8) is 0 Å². The molecule has 0 unspecified atom stereocenters. The molecule has 1 saturated carbocycles. The Hall–Kier alpha value is -1.56. The maximum atomic E-state index is 13.2. The third-order valence-corrected chi connectivity index (χ3v) is 3.88. The third kappa shape index (κ3) is 4.20. The lowest BCUT2D eigenvalue weighted by Crippen LogP contribution is -2.44. The minimum Gasteiger partial charge on any atom is -0.392 e. The van der Waals surface area contributed by atoms with Crippen LogP contribution in [0.2, 0.25) is 0 Å². The molecule has 3 nitrogen and oxygen atoms in total. The number of halogens is 2. The highest BCUT2D eigenvalue weighted by molar-refractivity contribution is 7.80.